The Morgan fingerprint density at radius 1 is 1.12 bits per heavy atom. The number of hydrogen-bond donors (Lipinski definition) is 0. The average molecular weight is 212 g/mol. The lowest BCUT2D eigenvalue weighted by Crippen LogP contribution is -1.95. The summed E-state index contributed by atoms with van der Waals surface area (Å²) in [6, 6.07) is 6.09. The van der Waals surface area contributed by atoms with Crippen LogP contribution in [0, 0.1) is 6.92 Å². The van der Waals surface area contributed by atoms with Gasteiger partial charge in [0.05, 0.1) is 24.6 Å². The van der Waals surface area contributed by atoms with Crippen molar-refractivity contribution in [3.05, 3.63) is 47.3 Å². The molecule has 0 fully saturated rings. The number of nitrogens with zero attached hydrogens (tertiary/aromatic N) is 2. The van der Waals surface area contributed by atoms with Crippen LogP contribution >= 0.6 is 0 Å². The van der Waals surface area contributed by atoms with Crippen molar-refractivity contribution in [2.45, 2.75) is 20.1 Å². The summed E-state index contributed by atoms with van der Waals surface area (Å²) in [7, 11) is 0. The van der Waals surface area contributed by atoms with E-state index in [4.69, 9.17) is 4.74 Å². The Labute approximate surface area is 94.1 Å². The summed E-state index contributed by atoms with van der Waals surface area (Å²) in [4.78, 5) is 8.89. The van der Waals surface area contributed by atoms with E-state index in [0.717, 1.165) is 28.1 Å². The Bertz CT molecular complexity index is 537. The Balaban J connectivity index is 2.25. The van der Waals surface area contributed by atoms with Gasteiger partial charge in [-0.05, 0) is 24.6 Å². The van der Waals surface area contributed by atoms with Gasteiger partial charge in [-0.15, -0.1) is 0 Å². The highest BCUT2D eigenvalue weighted by atomic mass is 16.5. The topological polar surface area (TPSA) is 35.0 Å². The quantitative estimate of drug-likeness (QED) is 0.673. The number of aryl methyl sites for hydroxylation is 1. The van der Waals surface area contributed by atoms with Crippen LogP contribution in [0.5, 0.6) is 0 Å². The summed E-state index contributed by atoms with van der Waals surface area (Å²) >= 11 is 0. The van der Waals surface area contributed by atoms with Crippen molar-refractivity contribution in [3.8, 4) is 11.4 Å². The molecule has 3 heterocycles. The van der Waals surface area contributed by atoms with Crippen molar-refractivity contribution >= 4 is 0 Å². The van der Waals surface area contributed by atoms with Crippen LogP contribution in [-0.4, -0.2) is 9.97 Å². The number of pyridine rings is 2. The third-order valence-electron chi connectivity index (χ3n) is 2.73. The molecule has 0 atom stereocenters. The number of hydrogen-bond acceptors (Lipinski definition) is 3. The van der Waals surface area contributed by atoms with Crippen LogP contribution in [0.2, 0.25) is 0 Å². The molecule has 3 heteroatoms. The monoisotopic (exact) mass is 212 g/mol. The van der Waals surface area contributed by atoms with Gasteiger partial charge in [0.15, 0.2) is 0 Å². The van der Waals surface area contributed by atoms with Gasteiger partial charge in [-0.1, -0.05) is 6.07 Å². The normalized spacial score (nSPS) is 13.8. The molecule has 0 unspecified atom stereocenters. The molecule has 0 radical (unpaired) electrons. The Kier molecular flexibility index (Phi) is 2.18. The van der Waals surface area contributed by atoms with Crippen molar-refractivity contribution in [2.24, 2.45) is 0 Å². The van der Waals surface area contributed by atoms with Gasteiger partial charge < -0.3 is 4.74 Å². The molecule has 0 amide bonds. The van der Waals surface area contributed by atoms with Crippen LogP contribution in [0.4, 0.5) is 0 Å². The van der Waals surface area contributed by atoms with E-state index in [0.29, 0.717) is 13.2 Å². The number of ether oxygens (including phenoxy) is 1. The first kappa shape index (κ1) is 9.48. The Morgan fingerprint density at radius 2 is 1.94 bits per heavy atom. The van der Waals surface area contributed by atoms with E-state index in [1.54, 1.807) is 6.20 Å². The van der Waals surface area contributed by atoms with Crippen molar-refractivity contribution in [1.29, 1.82) is 0 Å². The molecule has 0 N–H and O–H groups in total. The molecule has 3 rings (SSSR count). The van der Waals surface area contributed by atoms with Crippen molar-refractivity contribution in [2.75, 3.05) is 0 Å². The van der Waals surface area contributed by atoms with E-state index in [9.17, 15) is 0 Å². The van der Waals surface area contributed by atoms with Gasteiger partial charge in [-0.3, -0.25) is 9.97 Å². The van der Waals surface area contributed by atoms with Crippen molar-refractivity contribution < 1.29 is 4.74 Å². The molecule has 2 aromatic heterocycles. The van der Waals surface area contributed by atoms with Gasteiger partial charge in [0.1, 0.15) is 0 Å². The summed E-state index contributed by atoms with van der Waals surface area (Å²) in [5.41, 5.74) is 5.30. The van der Waals surface area contributed by atoms with Crippen LogP contribution in [0.25, 0.3) is 11.4 Å². The van der Waals surface area contributed by atoms with E-state index >= 15 is 0 Å². The summed E-state index contributed by atoms with van der Waals surface area (Å²) in [6.45, 7) is 3.26. The molecule has 0 bridgehead atoms. The molecular formula is C13H12N2O. The van der Waals surface area contributed by atoms with E-state index in [1.807, 2.05) is 25.3 Å². The predicted octanol–water partition coefficient (Wildman–Crippen LogP) is 2.48. The molecule has 3 nitrogen and oxygen atoms in total. The first-order valence-corrected chi connectivity index (χ1v) is 5.32. The van der Waals surface area contributed by atoms with Crippen LogP contribution in [-0.2, 0) is 18.0 Å². The zero-order valence-electron chi connectivity index (χ0n) is 9.10. The molecule has 1 aliphatic rings. The summed E-state index contributed by atoms with van der Waals surface area (Å²) < 4.78 is 5.62. The van der Waals surface area contributed by atoms with Gasteiger partial charge in [0.2, 0.25) is 0 Å². The standard InChI is InChI=1S/C13H12N2O/c1-9-5-11-8-16-7-10-3-2-4-14-12(10)13(11)15-6-9/h2-6H,7-8H2,1H3. The lowest BCUT2D eigenvalue weighted by Gasteiger charge is -2.06. The maximum Gasteiger partial charge on any atom is 0.0945 e. The molecule has 80 valence electrons. The molecular weight excluding hydrogens is 200 g/mol. The zero-order valence-corrected chi connectivity index (χ0v) is 9.10. The molecule has 0 spiro atoms. The fourth-order valence-corrected chi connectivity index (χ4v) is 1.99. The van der Waals surface area contributed by atoms with Gasteiger partial charge in [0, 0.05) is 23.5 Å². The van der Waals surface area contributed by atoms with Crippen LogP contribution < -0.4 is 0 Å². The maximum absolute atomic E-state index is 5.62. The Morgan fingerprint density at radius 3 is 2.88 bits per heavy atom. The van der Waals surface area contributed by atoms with Crippen LogP contribution in [0.15, 0.2) is 30.6 Å². The zero-order chi connectivity index (χ0) is 11.0. The van der Waals surface area contributed by atoms with Crippen LogP contribution in [0.3, 0.4) is 0 Å². The van der Waals surface area contributed by atoms with E-state index in [1.165, 1.54) is 0 Å². The molecule has 0 aromatic carbocycles. The minimum absolute atomic E-state index is 0.610. The van der Waals surface area contributed by atoms with E-state index < -0.39 is 0 Å². The molecule has 0 saturated heterocycles. The summed E-state index contributed by atoms with van der Waals surface area (Å²) in [6.07, 6.45) is 3.68. The van der Waals surface area contributed by atoms with Gasteiger partial charge in [0.25, 0.3) is 0 Å². The highest BCUT2D eigenvalue weighted by Gasteiger charge is 2.16. The third-order valence-corrected chi connectivity index (χ3v) is 2.73. The fraction of sp³-hybridized carbons (Fsp3) is 0.231. The second kappa shape index (κ2) is 3.68. The molecule has 0 saturated carbocycles. The van der Waals surface area contributed by atoms with E-state index in [2.05, 4.69) is 16.0 Å². The van der Waals surface area contributed by atoms with Crippen molar-refractivity contribution in [3.63, 3.8) is 0 Å². The highest BCUT2D eigenvalue weighted by Crippen LogP contribution is 2.27. The van der Waals surface area contributed by atoms with Crippen LogP contribution in [0.1, 0.15) is 16.7 Å². The first-order chi connectivity index (χ1) is 7.84. The second-order valence-electron chi connectivity index (χ2n) is 4.02. The third kappa shape index (κ3) is 1.49. The lowest BCUT2D eigenvalue weighted by atomic mass is 10.1. The number of fused-ring (bicyclic) bond motifs is 3. The lowest BCUT2D eigenvalue weighted by molar-refractivity contribution is 0.109. The minimum Gasteiger partial charge on any atom is -0.372 e. The predicted molar refractivity (Wildman–Crippen MR) is 60.7 cm³/mol. The molecule has 0 aliphatic carbocycles. The minimum atomic E-state index is 0.610. The summed E-state index contributed by atoms with van der Waals surface area (Å²) in [5.74, 6) is 0. The average Bonchev–Trinajstić information content (AvgIpc) is 2.47. The fourth-order valence-electron chi connectivity index (χ4n) is 1.99. The smallest absolute Gasteiger partial charge is 0.0945 e. The highest BCUT2D eigenvalue weighted by molar-refractivity contribution is 5.63. The second-order valence-corrected chi connectivity index (χ2v) is 4.02. The molecule has 1 aliphatic heterocycles. The van der Waals surface area contributed by atoms with Gasteiger partial charge >= 0.3 is 0 Å². The van der Waals surface area contributed by atoms with Crippen molar-refractivity contribution in [1.82, 2.24) is 9.97 Å². The maximum atomic E-state index is 5.62. The van der Waals surface area contributed by atoms with Gasteiger partial charge in [-0.25, -0.2) is 0 Å². The SMILES string of the molecule is Cc1cnc2c(c1)COCc1cccnc1-2. The summed E-state index contributed by atoms with van der Waals surface area (Å²) in [5, 5.41) is 0. The Hall–Kier alpha value is -1.74. The van der Waals surface area contributed by atoms with E-state index in [-0.39, 0.29) is 0 Å². The number of rotatable bonds is 0. The molecule has 16 heavy (non-hydrogen) atoms. The molecule has 2 aromatic rings. The largest absolute Gasteiger partial charge is 0.372 e. The van der Waals surface area contributed by atoms with Gasteiger partial charge in [-0.2, -0.15) is 0 Å². The first-order valence-electron chi connectivity index (χ1n) is 5.32. The number of aromatic nitrogens is 2.